The molecule has 1 nitrogen and oxygen atoms in total. The highest BCUT2D eigenvalue weighted by molar-refractivity contribution is 8.06. The number of halogens is 2. The first kappa shape index (κ1) is 14.9. The Balaban J connectivity index is 2.04. The summed E-state index contributed by atoms with van der Waals surface area (Å²) in [5.41, 5.74) is 1.18. The quantitative estimate of drug-likeness (QED) is 0.901. The first-order valence-electron chi connectivity index (χ1n) is 6.01. The summed E-state index contributed by atoms with van der Waals surface area (Å²) in [6.45, 7) is 0. The lowest BCUT2D eigenvalue weighted by atomic mass is 10.0. The third-order valence-electron chi connectivity index (χ3n) is 3.12. The molecule has 100 valence electrons. The molecular weight excluding hydrogens is 305 g/mol. The fourth-order valence-electron chi connectivity index (χ4n) is 2.08. The lowest BCUT2D eigenvalue weighted by molar-refractivity contribution is 0.557. The van der Waals surface area contributed by atoms with Gasteiger partial charge in [-0.3, -0.25) is 0 Å². The second kappa shape index (κ2) is 7.30. The number of benzene rings is 1. The van der Waals surface area contributed by atoms with E-state index < -0.39 is 0 Å². The standard InChI is InChI=1S/C13H17Cl2NS2/c1-16-12(13-8-17-4-5-18-13)6-9-2-3-10(14)7-11(9)15/h2-3,7,12-13,16H,4-6,8H2,1H3. The van der Waals surface area contributed by atoms with Crippen LogP contribution in [-0.4, -0.2) is 35.6 Å². The van der Waals surface area contributed by atoms with Crippen molar-refractivity contribution < 1.29 is 0 Å². The fourth-order valence-corrected chi connectivity index (χ4v) is 5.50. The molecule has 0 bridgehead atoms. The summed E-state index contributed by atoms with van der Waals surface area (Å²) in [6.07, 6.45) is 0.963. The summed E-state index contributed by atoms with van der Waals surface area (Å²) in [5, 5.41) is 5.58. The minimum Gasteiger partial charge on any atom is -0.316 e. The van der Waals surface area contributed by atoms with Crippen molar-refractivity contribution in [2.75, 3.05) is 24.3 Å². The van der Waals surface area contributed by atoms with Gasteiger partial charge in [0.2, 0.25) is 0 Å². The molecule has 1 aliphatic rings. The summed E-state index contributed by atoms with van der Waals surface area (Å²) < 4.78 is 0. The van der Waals surface area contributed by atoms with Crippen molar-refractivity contribution in [1.82, 2.24) is 5.32 Å². The van der Waals surface area contributed by atoms with Gasteiger partial charge in [0.15, 0.2) is 0 Å². The summed E-state index contributed by atoms with van der Waals surface area (Å²) in [7, 11) is 2.04. The first-order valence-corrected chi connectivity index (χ1v) is 8.97. The van der Waals surface area contributed by atoms with Crippen LogP contribution in [0.4, 0.5) is 0 Å². The molecule has 0 amide bonds. The lowest BCUT2D eigenvalue weighted by Gasteiger charge is -2.29. The van der Waals surface area contributed by atoms with Crippen LogP contribution in [0.2, 0.25) is 10.0 Å². The molecule has 5 heteroatoms. The van der Waals surface area contributed by atoms with Gasteiger partial charge >= 0.3 is 0 Å². The van der Waals surface area contributed by atoms with E-state index in [4.69, 9.17) is 23.2 Å². The van der Waals surface area contributed by atoms with E-state index in [1.807, 2.05) is 37.0 Å². The second-order valence-electron chi connectivity index (χ2n) is 4.32. The molecule has 1 fully saturated rings. The number of thioether (sulfide) groups is 2. The van der Waals surface area contributed by atoms with Crippen molar-refractivity contribution in [1.29, 1.82) is 0 Å². The van der Waals surface area contributed by atoms with Crippen molar-refractivity contribution in [3.8, 4) is 0 Å². The van der Waals surface area contributed by atoms with Gasteiger partial charge in [-0.05, 0) is 31.2 Å². The van der Waals surface area contributed by atoms with E-state index in [1.54, 1.807) is 0 Å². The van der Waals surface area contributed by atoms with Crippen LogP contribution >= 0.6 is 46.7 Å². The van der Waals surface area contributed by atoms with Crippen molar-refractivity contribution in [3.05, 3.63) is 33.8 Å². The maximum absolute atomic E-state index is 6.25. The Morgan fingerprint density at radius 2 is 2.22 bits per heavy atom. The van der Waals surface area contributed by atoms with E-state index in [9.17, 15) is 0 Å². The number of likely N-dealkylation sites (N-methyl/N-ethyl adjacent to an activating group) is 1. The molecule has 0 aliphatic carbocycles. The van der Waals surface area contributed by atoms with Gasteiger partial charge in [0.1, 0.15) is 0 Å². The zero-order valence-corrected chi connectivity index (χ0v) is 13.4. The van der Waals surface area contributed by atoms with Crippen LogP contribution < -0.4 is 5.32 Å². The minimum atomic E-state index is 0.474. The summed E-state index contributed by atoms with van der Waals surface area (Å²) >= 11 is 16.3. The molecule has 1 saturated heterocycles. The Morgan fingerprint density at radius 3 is 2.83 bits per heavy atom. The van der Waals surface area contributed by atoms with E-state index in [0.29, 0.717) is 16.3 Å². The van der Waals surface area contributed by atoms with Gasteiger partial charge in [0, 0.05) is 38.6 Å². The molecule has 2 atom stereocenters. The Kier molecular flexibility index (Phi) is 6.02. The van der Waals surface area contributed by atoms with Crippen LogP contribution in [0.5, 0.6) is 0 Å². The van der Waals surface area contributed by atoms with Crippen molar-refractivity contribution >= 4 is 46.7 Å². The van der Waals surface area contributed by atoms with Crippen molar-refractivity contribution in [2.45, 2.75) is 17.7 Å². The van der Waals surface area contributed by atoms with Gasteiger partial charge < -0.3 is 5.32 Å². The van der Waals surface area contributed by atoms with Crippen LogP contribution in [0.1, 0.15) is 5.56 Å². The number of rotatable bonds is 4. The van der Waals surface area contributed by atoms with Crippen LogP contribution in [0.15, 0.2) is 18.2 Å². The van der Waals surface area contributed by atoms with Gasteiger partial charge in [-0.2, -0.15) is 23.5 Å². The highest BCUT2D eigenvalue weighted by Crippen LogP contribution is 2.29. The number of nitrogens with one attached hydrogen (secondary N) is 1. The van der Waals surface area contributed by atoms with E-state index in [-0.39, 0.29) is 0 Å². The van der Waals surface area contributed by atoms with E-state index in [2.05, 4.69) is 17.1 Å². The predicted molar refractivity (Wildman–Crippen MR) is 86.6 cm³/mol. The predicted octanol–water partition coefficient (Wildman–Crippen LogP) is 3.97. The fraction of sp³-hybridized carbons (Fsp3) is 0.538. The van der Waals surface area contributed by atoms with Crippen molar-refractivity contribution in [3.63, 3.8) is 0 Å². The van der Waals surface area contributed by atoms with Gasteiger partial charge in [0.25, 0.3) is 0 Å². The molecule has 0 radical (unpaired) electrons. The molecule has 1 aliphatic heterocycles. The summed E-state index contributed by atoms with van der Waals surface area (Å²) in [5.74, 6) is 3.75. The highest BCUT2D eigenvalue weighted by atomic mass is 35.5. The smallest absolute Gasteiger partial charge is 0.0453 e. The van der Waals surface area contributed by atoms with Gasteiger partial charge in [-0.15, -0.1) is 0 Å². The molecule has 0 aromatic heterocycles. The Labute approximate surface area is 127 Å². The largest absolute Gasteiger partial charge is 0.316 e. The topological polar surface area (TPSA) is 12.0 Å². The third kappa shape index (κ3) is 3.97. The van der Waals surface area contributed by atoms with Gasteiger partial charge in [-0.1, -0.05) is 29.3 Å². The lowest BCUT2D eigenvalue weighted by Crippen LogP contribution is -2.40. The Morgan fingerprint density at radius 1 is 1.39 bits per heavy atom. The molecule has 2 unspecified atom stereocenters. The molecule has 2 rings (SSSR count). The van der Waals surface area contributed by atoms with Crippen molar-refractivity contribution in [2.24, 2.45) is 0 Å². The zero-order valence-electron chi connectivity index (χ0n) is 10.3. The van der Waals surface area contributed by atoms with Crippen LogP contribution in [-0.2, 0) is 6.42 Å². The van der Waals surface area contributed by atoms with Gasteiger partial charge in [-0.25, -0.2) is 0 Å². The average molecular weight is 322 g/mol. The molecule has 0 spiro atoms. The van der Waals surface area contributed by atoms with E-state index in [0.717, 1.165) is 11.4 Å². The molecule has 18 heavy (non-hydrogen) atoms. The maximum Gasteiger partial charge on any atom is 0.0453 e. The van der Waals surface area contributed by atoms with Crippen LogP contribution in [0, 0.1) is 0 Å². The van der Waals surface area contributed by atoms with E-state index >= 15 is 0 Å². The first-order chi connectivity index (χ1) is 8.70. The molecule has 0 saturated carbocycles. The van der Waals surface area contributed by atoms with E-state index in [1.165, 1.54) is 22.8 Å². The second-order valence-corrected chi connectivity index (χ2v) is 7.66. The third-order valence-corrected chi connectivity index (χ3v) is 6.62. The molecule has 1 heterocycles. The van der Waals surface area contributed by atoms with Crippen LogP contribution in [0.3, 0.4) is 0 Å². The number of hydrogen-bond acceptors (Lipinski definition) is 3. The molecule has 1 aromatic carbocycles. The van der Waals surface area contributed by atoms with Gasteiger partial charge in [0.05, 0.1) is 0 Å². The SMILES string of the molecule is CNC(Cc1ccc(Cl)cc1Cl)C1CSCCS1. The molecule has 1 aromatic rings. The van der Waals surface area contributed by atoms with Crippen LogP contribution in [0.25, 0.3) is 0 Å². The normalized spacial score (nSPS) is 21.8. The highest BCUT2D eigenvalue weighted by Gasteiger charge is 2.24. The Hall–Kier alpha value is 0.460. The Bertz CT molecular complexity index is 395. The monoisotopic (exact) mass is 321 g/mol. The molecular formula is C13H17Cl2NS2. The zero-order chi connectivity index (χ0) is 13.0. The minimum absolute atomic E-state index is 0.474. The maximum atomic E-state index is 6.25. The average Bonchev–Trinajstić information content (AvgIpc) is 2.39. The summed E-state index contributed by atoms with van der Waals surface area (Å²) in [6, 6.07) is 6.25. The summed E-state index contributed by atoms with van der Waals surface area (Å²) in [4.78, 5) is 0. The molecule has 1 N–H and O–H groups in total. The number of hydrogen-bond donors (Lipinski definition) is 1.